The van der Waals surface area contributed by atoms with Crippen LogP contribution in [-0.4, -0.2) is 85.3 Å². The summed E-state index contributed by atoms with van der Waals surface area (Å²) in [6.07, 6.45) is 5.18. The predicted octanol–water partition coefficient (Wildman–Crippen LogP) is 4.62. The maximum atomic E-state index is 12.7. The van der Waals surface area contributed by atoms with Gasteiger partial charge in [-0.2, -0.15) is 0 Å². The van der Waals surface area contributed by atoms with Gasteiger partial charge in [0.1, 0.15) is 12.1 Å². The van der Waals surface area contributed by atoms with Crippen molar-refractivity contribution in [2.75, 3.05) is 69.7 Å². The lowest BCUT2D eigenvalue weighted by molar-refractivity contribution is 0.208. The van der Waals surface area contributed by atoms with Gasteiger partial charge in [0, 0.05) is 54.3 Å². The van der Waals surface area contributed by atoms with Crippen LogP contribution >= 0.6 is 15.9 Å². The zero-order chi connectivity index (χ0) is 25.6. The van der Waals surface area contributed by atoms with Gasteiger partial charge in [-0.1, -0.05) is 15.9 Å². The van der Waals surface area contributed by atoms with E-state index in [2.05, 4.69) is 41.0 Å². The molecular weight excluding hydrogens is 536 g/mol. The van der Waals surface area contributed by atoms with Crippen LogP contribution in [0.15, 0.2) is 47.2 Å². The first-order valence-corrected chi connectivity index (χ1v) is 13.6. The molecule has 2 aliphatic rings. The molecule has 2 fully saturated rings. The molecule has 0 radical (unpaired) electrons. The summed E-state index contributed by atoms with van der Waals surface area (Å²) in [6, 6.07) is 11.4. The summed E-state index contributed by atoms with van der Waals surface area (Å²) in [5.74, 6) is 2.23. The third-order valence-corrected chi connectivity index (χ3v) is 7.47. The summed E-state index contributed by atoms with van der Waals surface area (Å²) in [5, 5.41) is 3.88. The minimum atomic E-state index is -0.0947. The minimum absolute atomic E-state index is 0.0947. The highest BCUT2D eigenvalue weighted by Gasteiger charge is 2.24. The zero-order valence-corrected chi connectivity index (χ0v) is 22.7. The maximum absolute atomic E-state index is 12.7. The Balaban J connectivity index is 1.22. The van der Waals surface area contributed by atoms with E-state index in [0.717, 1.165) is 39.8 Å². The number of halogens is 1. The zero-order valence-electron chi connectivity index (χ0n) is 21.2. The molecule has 0 aliphatic carbocycles. The second-order valence-corrected chi connectivity index (χ2v) is 10.3. The van der Waals surface area contributed by atoms with Gasteiger partial charge in [0.2, 0.25) is 0 Å². The molecule has 0 spiro atoms. The van der Waals surface area contributed by atoms with Gasteiger partial charge in [0.05, 0.1) is 19.2 Å². The van der Waals surface area contributed by atoms with Gasteiger partial charge in [-0.25, -0.2) is 14.8 Å². The third kappa shape index (κ3) is 6.24. The smallest absolute Gasteiger partial charge is 0.321 e. The van der Waals surface area contributed by atoms with Gasteiger partial charge < -0.3 is 29.5 Å². The summed E-state index contributed by atoms with van der Waals surface area (Å²) in [4.78, 5) is 28.3. The van der Waals surface area contributed by atoms with E-state index in [-0.39, 0.29) is 6.03 Å². The van der Waals surface area contributed by atoms with E-state index in [4.69, 9.17) is 9.47 Å². The van der Waals surface area contributed by atoms with Gasteiger partial charge in [0.25, 0.3) is 0 Å². The van der Waals surface area contributed by atoms with Crippen molar-refractivity contribution in [1.82, 2.24) is 19.8 Å². The van der Waals surface area contributed by atoms with E-state index in [1.54, 1.807) is 13.4 Å². The Bertz CT molecular complexity index is 1210. The van der Waals surface area contributed by atoms with E-state index in [0.29, 0.717) is 44.3 Å². The average Bonchev–Trinajstić information content (AvgIpc) is 3.45. The summed E-state index contributed by atoms with van der Waals surface area (Å²) < 4.78 is 12.7. The SMILES string of the molecule is COc1cc2c(N3CCN(C(=O)Nc4ccc(Br)cc4)CC3)ncnc2cc1OCCCN1CCCC1. The molecule has 1 N–H and O–H groups in total. The van der Waals surface area contributed by atoms with Gasteiger partial charge in [0.15, 0.2) is 11.5 Å². The molecule has 0 atom stereocenters. The summed E-state index contributed by atoms with van der Waals surface area (Å²) in [5.41, 5.74) is 1.59. The van der Waals surface area contributed by atoms with E-state index in [1.807, 2.05) is 41.3 Å². The number of aromatic nitrogens is 2. The van der Waals surface area contributed by atoms with Gasteiger partial charge in [-0.3, -0.25) is 0 Å². The molecule has 3 aromatic rings. The molecule has 3 heterocycles. The number of nitrogens with zero attached hydrogens (tertiary/aromatic N) is 5. The first kappa shape index (κ1) is 25.5. The molecule has 10 heteroatoms. The highest BCUT2D eigenvalue weighted by Crippen LogP contribution is 2.35. The summed E-state index contributed by atoms with van der Waals surface area (Å²) >= 11 is 3.42. The van der Waals surface area contributed by atoms with Gasteiger partial charge in [-0.05, 0) is 62.7 Å². The first-order valence-electron chi connectivity index (χ1n) is 12.8. The van der Waals surface area contributed by atoms with E-state index >= 15 is 0 Å². The number of likely N-dealkylation sites (tertiary alicyclic amines) is 1. The standard InChI is InChI=1S/C27H33BrN6O3/c1-36-24-17-22-23(18-25(24)37-16-4-11-32-9-2-3-10-32)29-19-30-26(22)33-12-14-34(15-13-33)27(35)31-21-7-5-20(28)6-8-21/h5-8,17-19H,2-4,9-16H2,1H3,(H,31,35). The first-order chi connectivity index (χ1) is 18.1. The molecule has 0 unspecified atom stereocenters. The number of carbonyl (C=O) groups excluding carboxylic acids is 1. The predicted molar refractivity (Wildman–Crippen MR) is 149 cm³/mol. The number of benzene rings is 2. The second-order valence-electron chi connectivity index (χ2n) is 9.38. The Hall–Kier alpha value is -3.11. The van der Waals surface area contributed by atoms with Gasteiger partial charge >= 0.3 is 6.03 Å². The monoisotopic (exact) mass is 568 g/mol. The Kier molecular flexibility index (Phi) is 8.25. The van der Waals surface area contributed by atoms with E-state index < -0.39 is 0 Å². The Labute approximate surface area is 225 Å². The molecule has 0 bridgehead atoms. The second kappa shape index (κ2) is 12.0. The Morgan fingerprint density at radius 3 is 2.49 bits per heavy atom. The number of ether oxygens (including phenoxy) is 2. The van der Waals surface area contributed by atoms with Crippen molar-refractivity contribution in [3.63, 3.8) is 0 Å². The number of rotatable bonds is 8. The van der Waals surface area contributed by atoms with Crippen LogP contribution in [0.1, 0.15) is 19.3 Å². The molecule has 0 saturated carbocycles. The summed E-state index contributed by atoms with van der Waals surface area (Å²) in [6.45, 7) is 6.66. The number of nitrogens with one attached hydrogen (secondary N) is 1. The molecule has 196 valence electrons. The lowest BCUT2D eigenvalue weighted by Gasteiger charge is -2.35. The van der Waals surface area contributed by atoms with Crippen LogP contribution in [0.3, 0.4) is 0 Å². The largest absolute Gasteiger partial charge is 0.493 e. The number of fused-ring (bicyclic) bond motifs is 1. The number of piperazine rings is 1. The normalized spacial score (nSPS) is 16.3. The average molecular weight is 570 g/mol. The van der Waals surface area contributed by atoms with Crippen molar-refractivity contribution < 1.29 is 14.3 Å². The van der Waals surface area contributed by atoms with E-state index in [9.17, 15) is 4.79 Å². The fraction of sp³-hybridized carbons (Fsp3) is 0.444. The number of carbonyl (C=O) groups is 1. The van der Waals surface area contributed by atoms with Crippen LogP contribution in [0.25, 0.3) is 10.9 Å². The lowest BCUT2D eigenvalue weighted by atomic mass is 10.2. The molecule has 2 aromatic carbocycles. The number of hydrogen-bond donors (Lipinski definition) is 1. The lowest BCUT2D eigenvalue weighted by Crippen LogP contribution is -2.50. The quantitative estimate of drug-likeness (QED) is 0.397. The topological polar surface area (TPSA) is 83.1 Å². The van der Waals surface area contributed by atoms with Crippen LogP contribution in [-0.2, 0) is 0 Å². The fourth-order valence-corrected chi connectivity index (χ4v) is 5.17. The molecule has 5 rings (SSSR count). The van der Waals surface area contributed by atoms with Crippen molar-refractivity contribution in [2.24, 2.45) is 0 Å². The molecule has 9 nitrogen and oxygen atoms in total. The van der Waals surface area contributed by atoms with Crippen LogP contribution in [0.2, 0.25) is 0 Å². The highest BCUT2D eigenvalue weighted by molar-refractivity contribution is 9.10. The molecule has 2 saturated heterocycles. The van der Waals surface area contributed by atoms with Crippen LogP contribution < -0.4 is 19.7 Å². The number of anilines is 2. The molecule has 37 heavy (non-hydrogen) atoms. The van der Waals surface area contributed by atoms with Gasteiger partial charge in [-0.15, -0.1) is 0 Å². The number of urea groups is 1. The van der Waals surface area contributed by atoms with Crippen LogP contribution in [0.5, 0.6) is 11.5 Å². The van der Waals surface area contributed by atoms with Crippen molar-refractivity contribution in [3.8, 4) is 11.5 Å². The molecule has 2 aliphatic heterocycles. The number of hydrogen-bond acceptors (Lipinski definition) is 7. The van der Waals surface area contributed by atoms with Crippen molar-refractivity contribution in [3.05, 3.63) is 47.2 Å². The third-order valence-electron chi connectivity index (χ3n) is 6.94. The highest BCUT2D eigenvalue weighted by atomic mass is 79.9. The Morgan fingerprint density at radius 1 is 1.00 bits per heavy atom. The fourth-order valence-electron chi connectivity index (χ4n) is 4.91. The molecule has 2 amide bonds. The molecular formula is C27H33BrN6O3. The van der Waals surface area contributed by atoms with E-state index in [1.165, 1.54) is 25.9 Å². The number of methoxy groups -OCH3 is 1. The molecule has 1 aromatic heterocycles. The Morgan fingerprint density at radius 2 is 1.76 bits per heavy atom. The van der Waals surface area contributed by atoms with Crippen molar-refractivity contribution in [2.45, 2.75) is 19.3 Å². The number of amides is 2. The van der Waals surface area contributed by atoms with Crippen LogP contribution in [0.4, 0.5) is 16.3 Å². The minimum Gasteiger partial charge on any atom is -0.493 e. The van der Waals surface area contributed by atoms with Crippen molar-refractivity contribution in [1.29, 1.82) is 0 Å². The summed E-state index contributed by atoms with van der Waals surface area (Å²) in [7, 11) is 1.66. The maximum Gasteiger partial charge on any atom is 0.321 e. The van der Waals surface area contributed by atoms with Crippen molar-refractivity contribution >= 4 is 44.4 Å². The van der Waals surface area contributed by atoms with Crippen LogP contribution in [0, 0.1) is 0 Å².